The summed E-state index contributed by atoms with van der Waals surface area (Å²) < 4.78 is 5.45. The molecule has 0 spiro atoms. The highest BCUT2D eigenvalue weighted by Crippen LogP contribution is 2.28. The van der Waals surface area contributed by atoms with Crippen molar-refractivity contribution in [2.75, 3.05) is 11.4 Å². The Hall–Kier alpha value is -2.33. The fourth-order valence-corrected chi connectivity index (χ4v) is 2.58. The van der Waals surface area contributed by atoms with Crippen LogP contribution in [0.25, 0.3) is 10.8 Å². The predicted octanol–water partition coefficient (Wildman–Crippen LogP) is 3.31. The van der Waals surface area contributed by atoms with Crippen LogP contribution in [0.1, 0.15) is 18.2 Å². The van der Waals surface area contributed by atoms with E-state index in [1.54, 1.807) is 6.26 Å². The molecule has 4 heteroatoms. The second-order valence-electron chi connectivity index (χ2n) is 4.95. The third kappa shape index (κ3) is 2.62. The maximum atomic E-state index is 5.82. The van der Waals surface area contributed by atoms with Crippen LogP contribution in [-0.4, -0.2) is 11.5 Å². The molecule has 0 fully saturated rings. The zero-order valence-corrected chi connectivity index (χ0v) is 12.1. The summed E-state index contributed by atoms with van der Waals surface area (Å²) in [5.41, 5.74) is 6.89. The highest BCUT2D eigenvalue weighted by molar-refractivity contribution is 5.94. The quantitative estimate of drug-likeness (QED) is 0.779. The summed E-state index contributed by atoms with van der Waals surface area (Å²) in [7, 11) is 0. The van der Waals surface area contributed by atoms with Crippen molar-refractivity contribution in [3.05, 3.63) is 60.2 Å². The Kier molecular flexibility index (Phi) is 3.88. The topological polar surface area (TPSA) is 55.3 Å². The first-order chi connectivity index (χ1) is 10.3. The smallest absolute Gasteiger partial charge is 0.136 e. The van der Waals surface area contributed by atoms with Crippen LogP contribution < -0.4 is 10.6 Å². The van der Waals surface area contributed by atoms with E-state index < -0.39 is 0 Å². The van der Waals surface area contributed by atoms with Gasteiger partial charge in [-0.15, -0.1) is 0 Å². The number of nitrogens with zero attached hydrogens (tertiary/aromatic N) is 2. The number of furan rings is 1. The normalized spacial score (nSPS) is 11.0. The number of benzene rings is 1. The second-order valence-corrected chi connectivity index (χ2v) is 4.95. The van der Waals surface area contributed by atoms with Gasteiger partial charge in [-0.2, -0.15) is 0 Å². The van der Waals surface area contributed by atoms with Gasteiger partial charge in [0.2, 0.25) is 0 Å². The molecule has 0 aliphatic carbocycles. The number of anilines is 1. The molecule has 0 radical (unpaired) electrons. The Labute approximate surface area is 124 Å². The summed E-state index contributed by atoms with van der Waals surface area (Å²) in [6.07, 6.45) is 3.58. The molecule has 0 saturated heterocycles. The minimum Gasteiger partial charge on any atom is -0.467 e. The molecule has 0 unspecified atom stereocenters. The van der Waals surface area contributed by atoms with Crippen molar-refractivity contribution in [3.63, 3.8) is 0 Å². The lowest BCUT2D eigenvalue weighted by Gasteiger charge is -2.23. The molecule has 2 aromatic heterocycles. The van der Waals surface area contributed by atoms with Crippen LogP contribution in [0, 0.1) is 0 Å². The Morgan fingerprint density at radius 2 is 1.95 bits per heavy atom. The number of fused-ring (bicyclic) bond motifs is 1. The van der Waals surface area contributed by atoms with E-state index in [2.05, 4.69) is 28.9 Å². The molecule has 3 rings (SSSR count). The first-order valence-electron chi connectivity index (χ1n) is 7.17. The molecule has 4 nitrogen and oxygen atoms in total. The maximum absolute atomic E-state index is 5.82. The highest BCUT2D eigenvalue weighted by atomic mass is 16.3. The Morgan fingerprint density at radius 3 is 2.62 bits per heavy atom. The second kappa shape index (κ2) is 5.97. The molecular weight excluding hydrogens is 262 g/mol. The van der Waals surface area contributed by atoms with Gasteiger partial charge in [-0.3, -0.25) is 0 Å². The number of rotatable bonds is 5. The fourth-order valence-electron chi connectivity index (χ4n) is 2.58. The van der Waals surface area contributed by atoms with Crippen LogP contribution in [0.2, 0.25) is 0 Å². The Balaban J connectivity index is 2.06. The molecule has 21 heavy (non-hydrogen) atoms. The van der Waals surface area contributed by atoms with Gasteiger partial charge in [0.05, 0.1) is 12.8 Å². The number of hydrogen-bond acceptors (Lipinski definition) is 4. The van der Waals surface area contributed by atoms with Crippen molar-refractivity contribution in [1.29, 1.82) is 0 Å². The summed E-state index contributed by atoms with van der Waals surface area (Å²) in [6.45, 7) is 4.19. The molecule has 3 aromatic rings. The monoisotopic (exact) mass is 281 g/mol. The van der Waals surface area contributed by atoms with Crippen LogP contribution >= 0.6 is 0 Å². The van der Waals surface area contributed by atoms with Gasteiger partial charge in [-0.05, 0) is 30.0 Å². The lowest BCUT2D eigenvalue weighted by Crippen LogP contribution is -2.23. The molecule has 0 saturated carbocycles. The molecule has 0 bridgehead atoms. The molecule has 108 valence electrons. The van der Waals surface area contributed by atoms with Gasteiger partial charge in [0, 0.05) is 24.7 Å². The molecule has 1 aromatic carbocycles. The fraction of sp³-hybridized carbons (Fsp3) is 0.235. The van der Waals surface area contributed by atoms with E-state index in [1.807, 2.05) is 30.5 Å². The molecule has 2 N–H and O–H groups in total. The van der Waals surface area contributed by atoms with Gasteiger partial charge < -0.3 is 15.1 Å². The van der Waals surface area contributed by atoms with Crippen molar-refractivity contribution >= 4 is 16.6 Å². The van der Waals surface area contributed by atoms with Crippen molar-refractivity contribution in [2.24, 2.45) is 5.73 Å². The minimum atomic E-state index is 0.498. The van der Waals surface area contributed by atoms with E-state index >= 15 is 0 Å². The predicted molar refractivity (Wildman–Crippen MR) is 85.1 cm³/mol. The summed E-state index contributed by atoms with van der Waals surface area (Å²) in [4.78, 5) is 6.84. The highest BCUT2D eigenvalue weighted by Gasteiger charge is 2.13. The van der Waals surface area contributed by atoms with Crippen LogP contribution in [0.5, 0.6) is 0 Å². The lowest BCUT2D eigenvalue weighted by molar-refractivity contribution is 0.503. The standard InChI is InChI=1S/C17H19N3O/c1-2-20(12-14-6-5-9-21-14)17-16-8-4-3-7-15(16)13(10-18)11-19-17/h3-9,11H,2,10,12,18H2,1H3. The van der Waals surface area contributed by atoms with E-state index in [-0.39, 0.29) is 0 Å². The van der Waals surface area contributed by atoms with Crippen LogP contribution in [-0.2, 0) is 13.1 Å². The Bertz CT molecular complexity index is 722. The van der Waals surface area contributed by atoms with Crippen molar-refractivity contribution in [3.8, 4) is 0 Å². The SMILES string of the molecule is CCN(Cc1ccco1)c1ncc(CN)c2ccccc12. The molecule has 0 aliphatic heterocycles. The van der Waals surface area contributed by atoms with E-state index in [0.717, 1.165) is 29.1 Å². The van der Waals surface area contributed by atoms with E-state index in [4.69, 9.17) is 10.2 Å². The van der Waals surface area contributed by atoms with Gasteiger partial charge in [0.15, 0.2) is 0 Å². The zero-order valence-electron chi connectivity index (χ0n) is 12.1. The third-order valence-electron chi connectivity index (χ3n) is 3.68. The van der Waals surface area contributed by atoms with Crippen LogP contribution in [0.3, 0.4) is 0 Å². The van der Waals surface area contributed by atoms with Crippen molar-refractivity contribution in [2.45, 2.75) is 20.0 Å². The molecule has 0 aliphatic rings. The van der Waals surface area contributed by atoms with Gasteiger partial charge in [0.25, 0.3) is 0 Å². The van der Waals surface area contributed by atoms with E-state index in [1.165, 1.54) is 5.39 Å². The van der Waals surface area contributed by atoms with Crippen LogP contribution in [0.15, 0.2) is 53.3 Å². The minimum absolute atomic E-state index is 0.498. The van der Waals surface area contributed by atoms with Gasteiger partial charge in [-0.1, -0.05) is 24.3 Å². The Morgan fingerprint density at radius 1 is 1.14 bits per heavy atom. The first kappa shape index (κ1) is 13.6. The summed E-state index contributed by atoms with van der Waals surface area (Å²) in [5.74, 6) is 1.91. The van der Waals surface area contributed by atoms with Gasteiger partial charge >= 0.3 is 0 Å². The van der Waals surface area contributed by atoms with Crippen molar-refractivity contribution in [1.82, 2.24) is 4.98 Å². The molecule has 0 amide bonds. The van der Waals surface area contributed by atoms with Gasteiger partial charge in [0.1, 0.15) is 11.6 Å². The number of aromatic nitrogens is 1. The molecular formula is C17H19N3O. The molecule has 2 heterocycles. The number of hydrogen-bond donors (Lipinski definition) is 1. The van der Waals surface area contributed by atoms with E-state index in [9.17, 15) is 0 Å². The maximum Gasteiger partial charge on any atom is 0.136 e. The average molecular weight is 281 g/mol. The largest absolute Gasteiger partial charge is 0.467 e. The summed E-state index contributed by atoms with van der Waals surface area (Å²) in [5, 5.41) is 2.30. The average Bonchev–Trinajstić information content (AvgIpc) is 3.05. The zero-order chi connectivity index (χ0) is 14.7. The van der Waals surface area contributed by atoms with Crippen molar-refractivity contribution < 1.29 is 4.42 Å². The summed E-state index contributed by atoms with van der Waals surface area (Å²) in [6, 6.07) is 12.2. The third-order valence-corrected chi connectivity index (χ3v) is 3.68. The van der Waals surface area contributed by atoms with Gasteiger partial charge in [-0.25, -0.2) is 4.98 Å². The van der Waals surface area contributed by atoms with E-state index in [0.29, 0.717) is 13.1 Å². The molecule has 0 atom stereocenters. The number of pyridine rings is 1. The summed E-state index contributed by atoms with van der Waals surface area (Å²) >= 11 is 0. The lowest BCUT2D eigenvalue weighted by atomic mass is 10.1. The van der Waals surface area contributed by atoms with Crippen LogP contribution in [0.4, 0.5) is 5.82 Å². The first-order valence-corrected chi connectivity index (χ1v) is 7.17. The number of nitrogens with two attached hydrogens (primary N) is 1.